The Morgan fingerprint density at radius 3 is 2.67 bits per heavy atom. The number of benzene rings is 2. The van der Waals surface area contributed by atoms with Crippen LogP contribution in [0.15, 0.2) is 36.4 Å². The fraction of sp³-hybridized carbons (Fsp3) is 0.480. The van der Waals surface area contributed by atoms with Crippen molar-refractivity contribution in [2.45, 2.75) is 64.0 Å². The third kappa shape index (κ3) is 4.95. The van der Waals surface area contributed by atoms with Gasteiger partial charge in [-0.1, -0.05) is 13.0 Å². The van der Waals surface area contributed by atoms with Crippen LogP contribution >= 0.6 is 0 Å². The van der Waals surface area contributed by atoms with Gasteiger partial charge in [0.25, 0.3) is 0 Å². The molecule has 1 aliphatic heterocycles. The van der Waals surface area contributed by atoms with E-state index in [4.69, 9.17) is 0 Å². The molecule has 2 aromatic carbocycles. The smallest absolute Gasteiger partial charge is 0.303 e. The highest BCUT2D eigenvalue weighted by Gasteiger charge is 2.37. The number of carboxylic acid groups (broad SMARTS) is 1. The number of hydrogen-bond donors (Lipinski definition) is 3. The van der Waals surface area contributed by atoms with E-state index in [0.29, 0.717) is 0 Å². The molecule has 1 aromatic heterocycles. The summed E-state index contributed by atoms with van der Waals surface area (Å²) in [4.78, 5) is 15.2. The topological polar surface area (TPSA) is 104 Å². The minimum Gasteiger partial charge on any atom is -0.481 e. The quantitative estimate of drug-likeness (QED) is 0.466. The molecule has 1 fully saturated rings. The number of rotatable bonds is 8. The third-order valence-corrected chi connectivity index (χ3v) is 6.54. The Morgan fingerprint density at radius 1 is 1.21 bits per heavy atom. The molecule has 8 nitrogen and oxygen atoms in total. The predicted octanol–water partition coefficient (Wildman–Crippen LogP) is 4.42. The summed E-state index contributed by atoms with van der Waals surface area (Å²) in [6.45, 7) is 6.60. The molecule has 0 aliphatic carbocycles. The lowest BCUT2D eigenvalue weighted by Crippen LogP contribution is -2.46. The number of fused-ring (bicyclic) bond motifs is 1. The molecule has 0 radical (unpaired) electrons. The van der Waals surface area contributed by atoms with Crippen molar-refractivity contribution < 1.29 is 15.0 Å². The number of nitrogens with zero attached hydrogens (tertiary/aromatic N) is 4. The first-order valence-electron chi connectivity index (χ1n) is 11.6. The van der Waals surface area contributed by atoms with Gasteiger partial charge in [0.1, 0.15) is 11.0 Å². The van der Waals surface area contributed by atoms with Crippen molar-refractivity contribution in [1.29, 1.82) is 0 Å². The van der Waals surface area contributed by atoms with Crippen molar-refractivity contribution in [3.05, 3.63) is 42.0 Å². The SMILES string of the molecule is CCC(CC(=O)O)c1ccc(N2CCC[C@H]2C(C)(C)O)c(Nc2ccc3nn(C)nc3c2)c1. The molecule has 0 bridgehead atoms. The van der Waals surface area contributed by atoms with Gasteiger partial charge in [0.05, 0.1) is 29.4 Å². The predicted molar refractivity (Wildman–Crippen MR) is 130 cm³/mol. The molecule has 2 heterocycles. The molecule has 8 heteroatoms. The molecule has 2 atom stereocenters. The van der Waals surface area contributed by atoms with E-state index in [1.54, 1.807) is 11.8 Å². The van der Waals surface area contributed by atoms with Crippen LogP contribution in [0.25, 0.3) is 11.0 Å². The number of aryl methyl sites for hydroxylation is 1. The molecule has 3 aromatic rings. The van der Waals surface area contributed by atoms with Crippen LogP contribution in [0.2, 0.25) is 0 Å². The first-order valence-corrected chi connectivity index (χ1v) is 11.6. The van der Waals surface area contributed by atoms with Gasteiger partial charge in [0, 0.05) is 19.3 Å². The highest BCUT2D eigenvalue weighted by molar-refractivity contribution is 5.83. The third-order valence-electron chi connectivity index (χ3n) is 6.54. The van der Waals surface area contributed by atoms with E-state index in [1.165, 1.54) is 0 Å². The summed E-state index contributed by atoms with van der Waals surface area (Å²) in [5.41, 5.74) is 4.57. The van der Waals surface area contributed by atoms with Crippen molar-refractivity contribution in [3.8, 4) is 0 Å². The van der Waals surface area contributed by atoms with Gasteiger partial charge < -0.3 is 20.4 Å². The molecule has 176 valence electrons. The fourth-order valence-electron chi connectivity index (χ4n) is 4.91. The first kappa shape index (κ1) is 23.0. The Hall–Kier alpha value is -3.13. The van der Waals surface area contributed by atoms with E-state index in [0.717, 1.165) is 59.5 Å². The van der Waals surface area contributed by atoms with E-state index < -0.39 is 11.6 Å². The van der Waals surface area contributed by atoms with E-state index in [1.807, 2.05) is 45.0 Å². The summed E-state index contributed by atoms with van der Waals surface area (Å²) < 4.78 is 0. The van der Waals surface area contributed by atoms with Crippen LogP contribution in [-0.2, 0) is 11.8 Å². The minimum absolute atomic E-state index is 0.00682. The lowest BCUT2D eigenvalue weighted by molar-refractivity contribution is -0.137. The summed E-state index contributed by atoms with van der Waals surface area (Å²) in [5.74, 6) is -0.863. The molecule has 1 aliphatic rings. The van der Waals surface area contributed by atoms with Crippen molar-refractivity contribution in [1.82, 2.24) is 15.0 Å². The number of carbonyl (C=O) groups is 1. The van der Waals surface area contributed by atoms with Gasteiger partial charge in [-0.05, 0) is 74.9 Å². The summed E-state index contributed by atoms with van der Waals surface area (Å²) in [6, 6.07) is 12.0. The Bertz CT molecular complexity index is 1150. The van der Waals surface area contributed by atoms with Gasteiger partial charge in [-0.25, -0.2) is 0 Å². The first-order chi connectivity index (χ1) is 15.7. The molecule has 4 rings (SSSR count). The second-order valence-electron chi connectivity index (χ2n) is 9.50. The molecule has 1 saturated heterocycles. The molecule has 33 heavy (non-hydrogen) atoms. The van der Waals surface area contributed by atoms with Gasteiger partial charge in [-0.3, -0.25) is 4.79 Å². The highest BCUT2D eigenvalue weighted by Crippen LogP contribution is 2.39. The largest absolute Gasteiger partial charge is 0.481 e. The van der Waals surface area contributed by atoms with Crippen molar-refractivity contribution in [2.75, 3.05) is 16.8 Å². The molecule has 3 N–H and O–H groups in total. The maximum Gasteiger partial charge on any atom is 0.303 e. The van der Waals surface area contributed by atoms with E-state index in [2.05, 4.69) is 32.5 Å². The average Bonchev–Trinajstić information content (AvgIpc) is 3.37. The van der Waals surface area contributed by atoms with E-state index in [9.17, 15) is 15.0 Å². The summed E-state index contributed by atoms with van der Waals surface area (Å²) in [5, 5.41) is 32.5. The zero-order chi connectivity index (χ0) is 23.8. The number of carboxylic acids is 1. The molecular weight excluding hydrogens is 418 g/mol. The number of hydrogen-bond acceptors (Lipinski definition) is 6. The lowest BCUT2D eigenvalue weighted by Gasteiger charge is -2.36. The second kappa shape index (κ2) is 9.02. The van der Waals surface area contributed by atoms with Gasteiger partial charge in [-0.2, -0.15) is 15.0 Å². The normalized spacial score (nSPS) is 17.5. The lowest BCUT2D eigenvalue weighted by atomic mass is 9.91. The number of aliphatic hydroxyl groups is 1. The van der Waals surface area contributed by atoms with Crippen LogP contribution in [0.4, 0.5) is 17.1 Å². The Labute approximate surface area is 194 Å². The number of aromatic nitrogens is 3. The number of aliphatic carboxylic acids is 1. The minimum atomic E-state index is -0.833. The monoisotopic (exact) mass is 451 g/mol. The molecule has 1 unspecified atom stereocenters. The highest BCUT2D eigenvalue weighted by atomic mass is 16.4. The van der Waals surface area contributed by atoms with Gasteiger partial charge in [0.15, 0.2) is 0 Å². The maximum absolute atomic E-state index is 11.4. The summed E-state index contributed by atoms with van der Waals surface area (Å²) in [6.07, 6.45) is 2.77. The zero-order valence-electron chi connectivity index (χ0n) is 19.7. The van der Waals surface area contributed by atoms with Gasteiger partial charge in [-0.15, -0.1) is 0 Å². The van der Waals surface area contributed by atoms with E-state index >= 15 is 0 Å². The van der Waals surface area contributed by atoms with Crippen molar-refractivity contribution in [3.63, 3.8) is 0 Å². The van der Waals surface area contributed by atoms with E-state index in [-0.39, 0.29) is 18.4 Å². The Balaban J connectivity index is 1.75. The Morgan fingerprint density at radius 2 is 1.97 bits per heavy atom. The van der Waals surface area contributed by atoms with Crippen molar-refractivity contribution in [2.24, 2.45) is 7.05 Å². The molecule has 0 amide bonds. The van der Waals surface area contributed by atoms with Crippen LogP contribution < -0.4 is 10.2 Å². The van der Waals surface area contributed by atoms with Crippen molar-refractivity contribution >= 4 is 34.1 Å². The fourth-order valence-corrected chi connectivity index (χ4v) is 4.91. The van der Waals surface area contributed by atoms with Crippen LogP contribution in [-0.4, -0.2) is 49.4 Å². The molecule has 0 saturated carbocycles. The molecule has 0 spiro atoms. The second-order valence-corrected chi connectivity index (χ2v) is 9.50. The van der Waals surface area contributed by atoms with Crippen LogP contribution in [0.3, 0.4) is 0 Å². The van der Waals surface area contributed by atoms with Crippen LogP contribution in [0, 0.1) is 0 Å². The van der Waals surface area contributed by atoms with Gasteiger partial charge in [0.2, 0.25) is 0 Å². The standard InChI is InChI=1S/C25H33N5O3/c1-5-16(14-24(31)32)17-8-11-22(30-12-6-7-23(30)25(2,3)33)21(13-17)26-18-9-10-19-20(15-18)28-29(4)27-19/h8-11,13,15-16,23,26,33H,5-7,12,14H2,1-4H3,(H,31,32)/t16?,23-/m0/s1. The maximum atomic E-state index is 11.4. The summed E-state index contributed by atoms with van der Waals surface area (Å²) >= 11 is 0. The van der Waals surface area contributed by atoms with Crippen LogP contribution in [0.1, 0.15) is 57.9 Å². The molecular formula is C25H33N5O3. The van der Waals surface area contributed by atoms with Gasteiger partial charge >= 0.3 is 5.97 Å². The number of anilines is 3. The number of nitrogens with one attached hydrogen (secondary N) is 1. The summed E-state index contributed by atoms with van der Waals surface area (Å²) in [7, 11) is 1.80. The average molecular weight is 452 g/mol. The Kier molecular flexibility index (Phi) is 6.30. The zero-order valence-corrected chi connectivity index (χ0v) is 19.7. The van der Waals surface area contributed by atoms with Crippen LogP contribution in [0.5, 0.6) is 0 Å².